The van der Waals surface area contributed by atoms with Crippen molar-refractivity contribution >= 4 is 11.6 Å². The Labute approximate surface area is 124 Å². The molecule has 2 N–H and O–H groups in total. The van der Waals surface area contributed by atoms with Crippen molar-refractivity contribution in [3.8, 4) is 11.5 Å². The number of hydrogen-bond donors (Lipinski definition) is 2. The molecule has 1 spiro atoms. The number of carbonyl (C=O) groups is 1. The summed E-state index contributed by atoms with van der Waals surface area (Å²) in [6.45, 7) is 0.918. The molecule has 1 amide bonds. The van der Waals surface area contributed by atoms with Crippen LogP contribution in [-0.2, 0) is 4.79 Å². The SMILES string of the molecule is O=C(Nc1ccc2c(c1)OC1(CCCC1)O2)C1CCCN1. The molecular weight excluding hydrogens is 268 g/mol. The first-order valence-corrected chi connectivity index (χ1v) is 7.80. The Kier molecular flexibility index (Phi) is 3.03. The van der Waals surface area contributed by atoms with Crippen molar-refractivity contribution in [2.24, 2.45) is 0 Å². The minimum atomic E-state index is -0.446. The lowest BCUT2D eigenvalue weighted by atomic mass is 10.2. The van der Waals surface area contributed by atoms with Crippen molar-refractivity contribution in [1.82, 2.24) is 5.32 Å². The Morgan fingerprint density at radius 2 is 2.00 bits per heavy atom. The number of fused-ring (bicyclic) bond motifs is 1. The molecule has 0 aromatic heterocycles. The summed E-state index contributed by atoms with van der Waals surface area (Å²) in [6.07, 6.45) is 6.13. The molecule has 1 saturated carbocycles. The van der Waals surface area contributed by atoms with E-state index < -0.39 is 5.79 Å². The fraction of sp³-hybridized carbons (Fsp3) is 0.562. The average molecular weight is 288 g/mol. The van der Waals surface area contributed by atoms with E-state index in [1.54, 1.807) is 0 Å². The predicted octanol–water partition coefficient (Wildman–Crippen LogP) is 2.42. The van der Waals surface area contributed by atoms with Crippen LogP contribution in [0.4, 0.5) is 5.69 Å². The lowest BCUT2D eigenvalue weighted by Gasteiger charge is -2.21. The van der Waals surface area contributed by atoms with Crippen LogP contribution in [0.25, 0.3) is 0 Å². The first-order valence-electron chi connectivity index (χ1n) is 7.80. The van der Waals surface area contributed by atoms with Gasteiger partial charge in [-0.1, -0.05) is 0 Å². The van der Waals surface area contributed by atoms with Crippen LogP contribution in [0.1, 0.15) is 38.5 Å². The third-order valence-electron chi connectivity index (χ3n) is 4.55. The Morgan fingerprint density at radius 1 is 1.19 bits per heavy atom. The Balaban J connectivity index is 1.48. The van der Waals surface area contributed by atoms with Crippen LogP contribution in [0.2, 0.25) is 0 Å². The molecule has 4 rings (SSSR count). The summed E-state index contributed by atoms with van der Waals surface area (Å²) in [5.74, 6) is 1.11. The molecule has 0 radical (unpaired) electrons. The highest BCUT2D eigenvalue weighted by molar-refractivity contribution is 5.95. The van der Waals surface area contributed by atoms with Crippen molar-refractivity contribution in [2.45, 2.75) is 50.4 Å². The van der Waals surface area contributed by atoms with E-state index in [1.165, 1.54) is 0 Å². The van der Waals surface area contributed by atoms with Gasteiger partial charge >= 0.3 is 0 Å². The number of rotatable bonds is 2. The Bertz CT molecular complexity index is 561. The molecule has 5 heteroatoms. The molecule has 0 bridgehead atoms. The monoisotopic (exact) mass is 288 g/mol. The molecule has 1 unspecified atom stereocenters. The summed E-state index contributed by atoms with van der Waals surface area (Å²) in [6, 6.07) is 5.56. The lowest BCUT2D eigenvalue weighted by Crippen LogP contribution is -2.35. The highest BCUT2D eigenvalue weighted by Crippen LogP contribution is 2.47. The maximum Gasteiger partial charge on any atom is 0.251 e. The zero-order valence-corrected chi connectivity index (χ0v) is 12.0. The maximum atomic E-state index is 12.1. The third kappa shape index (κ3) is 2.35. The number of carbonyl (C=O) groups excluding carboxylic acids is 1. The molecule has 1 aromatic carbocycles. The van der Waals surface area contributed by atoms with Crippen LogP contribution in [0.15, 0.2) is 18.2 Å². The van der Waals surface area contributed by atoms with E-state index in [9.17, 15) is 4.79 Å². The standard InChI is InChI=1S/C16H20N2O3/c19-15(12-4-3-9-17-12)18-11-5-6-13-14(10-11)21-16(20-13)7-1-2-8-16/h5-6,10,12,17H,1-4,7-9H2,(H,18,19). The first-order chi connectivity index (χ1) is 10.2. The molecule has 2 aliphatic heterocycles. The van der Waals surface area contributed by atoms with Gasteiger partial charge in [0.05, 0.1) is 6.04 Å². The summed E-state index contributed by atoms with van der Waals surface area (Å²) in [7, 11) is 0. The van der Waals surface area contributed by atoms with E-state index in [1.807, 2.05) is 18.2 Å². The predicted molar refractivity (Wildman–Crippen MR) is 78.6 cm³/mol. The summed E-state index contributed by atoms with van der Waals surface area (Å²) in [5, 5.41) is 6.16. The Morgan fingerprint density at radius 3 is 2.76 bits per heavy atom. The zero-order chi connectivity index (χ0) is 14.3. The number of ether oxygens (including phenoxy) is 2. The summed E-state index contributed by atoms with van der Waals surface area (Å²) < 4.78 is 12.0. The number of anilines is 1. The van der Waals surface area contributed by atoms with Crippen LogP contribution in [0.3, 0.4) is 0 Å². The van der Waals surface area contributed by atoms with Crippen molar-refractivity contribution in [3.63, 3.8) is 0 Å². The van der Waals surface area contributed by atoms with Gasteiger partial charge in [-0.15, -0.1) is 0 Å². The van der Waals surface area contributed by atoms with Crippen LogP contribution in [-0.4, -0.2) is 24.3 Å². The highest BCUT2D eigenvalue weighted by atomic mass is 16.7. The zero-order valence-electron chi connectivity index (χ0n) is 12.0. The third-order valence-corrected chi connectivity index (χ3v) is 4.55. The quantitative estimate of drug-likeness (QED) is 0.877. The minimum Gasteiger partial charge on any atom is -0.448 e. The molecule has 1 aliphatic carbocycles. The number of hydrogen-bond acceptors (Lipinski definition) is 4. The van der Waals surface area contributed by atoms with E-state index in [0.717, 1.165) is 62.3 Å². The van der Waals surface area contributed by atoms with Gasteiger partial charge in [0, 0.05) is 24.6 Å². The van der Waals surface area contributed by atoms with Gasteiger partial charge in [0.1, 0.15) is 0 Å². The van der Waals surface area contributed by atoms with E-state index in [-0.39, 0.29) is 11.9 Å². The molecule has 112 valence electrons. The first kappa shape index (κ1) is 13.0. The normalized spacial score (nSPS) is 25.4. The van der Waals surface area contributed by atoms with E-state index in [2.05, 4.69) is 10.6 Å². The highest BCUT2D eigenvalue weighted by Gasteiger charge is 2.44. The number of amides is 1. The van der Waals surface area contributed by atoms with Gasteiger partial charge in [-0.05, 0) is 44.4 Å². The van der Waals surface area contributed by atoms with E-state index >= 15 is 0 Å². The second kappa shape index (κ2) is 4.91. The molecule has 2 fully saturated rings. The number of benzene rings is 1. The van der Waals surface area contributed by atoms with Gasteiger partial charge in [0.25, 0.3) is 5.79 Å². The van der Waals surface area contributed by atoms with Gasteiger partial charge < -0.3 is 20.1 Å². The van der Waals surface area contributed by atoms with Crippen LogP contribution in [0, 0.1) is 0 Å². The van der Waals surface area contributed by atoms with Gasteiger partial charge in [-0.2, -0.15) is 0 Å². The van der Waals surface area contributed by atoms with Gasteiger partial charge in [0.15, 0.2) is 11.5 Å². The second-order valence-electron chi connectivity index (χ2n) is 6.12. The maximum absolute atomic E-state index is 12.1. The largest absolute Gasteiger partial charge is 0.448 e. The topological polar surface area (TPSA) is 59.6 Å². The molecule has 2 heterocycles. The van der Waals surface area contributed by atoms with E-state index in [4.69, 9.17) is 9.47 Å². The summed E-state index contributed by atoms with van der Waals surface area (Å²) >= 11 is 0. The molecule has 1 saturated heterocycles. The molecule has 21 heavy (non-hydrogen) atoms. The van der Waals surface area contributed by atoms with Crippen molar-refractivity contribution in [1.29, 1.82) is 0 Å². The van der Waals surface area contributed by atoms with Gasteiger partial charge in [-0.3, -0.25) is 4.79 Å². The van der Waals surface area contributed by atoms with Crippen molar-refractivity contribution in [2.75, 3.05) is 11.9 Å². The number of nitrogens with one attached hydrogen (secondary N) is 2. The summed E-state index contributed by atoms with van der Waals surface area (Å²) in [5.41, 5.74) is 0.770. The molecule has 5 nitrogen and oxygen atoms in total. The van der Waals surface area contributed by atoms with Gasteiger partial charge in [-0.25, -0.2) is 0 Å². The van der Waals surface area contributed by atoms with Crippen LogP contribution < -0.4 is 20.1 Å². The lowest BCUT2D eigenvalue weighted by molar-refractivity contribution is -0.117. The van der Waals surface area contributed by atoms with E-state index in [0.29, 0.717) is 0 Å². The fourth-order valence-electron chi connectivity index (χ4n) is 3.43. The smallest absolute Gasteiger partial charge is 0.251 e. The molecular formula is C16H20N2O3. The van der Waals surface area contributed by atoms with Crippen LogP contribution in [0.5, 0.6) is 11.5 Å². The molecule has 3 aliphatic rings. The van der Waals surface area contributed by atoms with Crippen molar-refractivity contribution in [3.05, 3.63) is 18.2 Å². The Hall–Kier alpha value is -1.75. The summed E-state index contributed by atoms with van der Waals surface area (Å²) in [4.78, 5) is 12.1. The average Bonchev–Trinajstić information content (AvgIpc) is 3.19. The van der Waals surface area contributed by atoms with Crippen LogP contribution >= 0.6 is 0 Å². The molecule has 1 atom stereocenters. The molecule has 1 aromatic rings. The van der Waals surface area contributed by atoms with Crippen molar-refractivity contribution < 1.29 is 14.3 Å². The fourth-order valence-corrected chi connectivity index (χ4v) is 3.43. The van der Waals surface area contributed by atoms with Gasteiger partial charge in [0.2, 0.25) is 5.91 Å². The second-order valence-corrected chi connectivity index (χ2v) is 6.12. The minimum absolute atomic E-state index is 0.0296.